The molecule has 1 N–H and O–H groups in total. The summed E-state index contributed by atoms with van der Waals surface area (Å²) in [4.78, 5) is 12.3. The van der Waals surface area contributed by atoms with E-state index in [1.807, 2.05) is 13.8 Å². The molecule has 0 radical (unpaired) electrons. The second-order valence-electron chi connectivity index (χ2n) is 6.22. The number of carbonyl (C=O) groups excluding carboxylic acids is 1. The van der Waals surface area contributed by atoms with E-state index in [1.165, 1.54) is 12.1 Å². The lowest BCUT2D eigenvalue weighted by molar-refractivity contribution is -0.143. The third-order valence-electron chi connectivity index (χ3n) is 4.19. The number of phenolic OH excluding ortho intramolecular Hbond substituents is 1. The quantitative estimate of drug-likeness (QED) is 0.376. The molecule has 0 heterocycles. The second-order valence-corrected chi connectivity index (χ2v) is 6.22. The highest BCUT2D eigenvalue weighted by molar-refractivity contribution is 5.94. The van der Waals surface area contributed by atoms with Crippen LogP contribution in [0.15, 0.2) is 36.4 Å². The standard InChI is InChI=1S/C19H16F6O3/c1-3-10(2)11-4-5-16(26)15(6-11)17(27)28-14-8-12(18(20,21)22)7-13(9-14)19(23,24)25/h4-10,26H,3H2,1-2H3. The Kier molecular flexibility index (Phi) is 5.96. The summed E-state index contributed by atoms with van der Waals surface area (Å²) in [6.07, 6.45) is -9.43. The van der Waals surface area contributed by atoms with Gasteiger partial charge in [0.25, 0.3) is 0 Å². The van der Waals surface area contributed by atoms with Crippen LogP contribution in [0.4, 0.5) is 26.3 Å². The number of benzene rings is 2. The van der Waals surface area contributed by atoms with Crippen molar-refractivity contribution in [2.24, 2.45) is 0 Å². The molecule has 9 heteroatoms. The van der Waals surface area contributed by atoms with Gasteiger partial charge >= 0.3 is 18.3 Å². The van der Waals surface area contributed by atoms with E-state index in [0.717, 1.165) is 0 Å². The highest BCUT2D eigenvalue weighted by atomic mass is 19.4. The molecule has 1 atom stereocenters. The lowest BCUT2D eigenvalue weighted by atomic mass is 9.96. The number of hydrogen-bond acceptors (Lipinski definition) is 3. The first kappa shape index (κ1) is 21.6. The van der Waals surface area contributed by atoms with E-state index in [-0.39, 0.29) is 17.5 Å². The molecule has 2 aromatic rings. The molecular formula is C19H16F6O3. The Morgan fingerprint density at radius 3 is 2.00 bits per heavy atom. The smallest absolute Gasteiger partial charge is 0.416 e. The van der Waals surface area contributed by atoms with E-state index in [4.69, 9.17) is 4.74 Å². The number of aromatic hydroxyl groups is 1. The molecule has 0 aliphatic rings. The van der Waals surface area contributed by atoms with Crippen LogP contribution < -0.4 is 4.74 Å². The van der Waals surface area contributed by atoms with E-state index in [9.17, 15) is 36.2 Å². The maximum atomic E-state index is 12.9. The van der Waals surface area contributed by atoms with Crippen molar-refractivity contribution in [3.8, 4) is 11.5 Å². The zero-order valence-corrected chi connectivity index (χ0v) is 14.8. The maximum absolute atomic E-state index is 12.9. The fourth-order valence-corrected chi connectivity index (χ4v) is 2.41. The van der Waals surface area contributed by atoms with Gasteiger partial charge in [-0.2, -0.15) is 26.3 Å². The van der Waals surface area contributed by atoms with Crippen LogP contribution in [0.1, 0.15) is 53.2 Å². The number of carbonyl (C=O) groups is 1. The summed E-state index contributed by atoms with van der Waals surface area (Å²) in [5.41, 5.74) is -2.92. The summed E-state index contributed by atoms with van der Waals surface area (Å²) in [7, 11) is 0. The molecule has 0 saturated carbocycles. The Morgan fingerprint density at radius 1 is 1.00 bits per heavy atom. The molecule has 2 rings (SSSR count). The largest absolute Gasteiger partial charge is 0.507 e. The summed E-state index contributed by atoms with van der Waals surface area (Å²) >= 11 is 0. The molecule has 0 bridgehead atoms. The van der Waals surface area contributed by atoms with Gasteiger partial charge in [-0.3, -0.25) is 0 Å². The Balaban J connectivity index is 2.44. The van der Waals surface area contributed by atoms with Crippen molar-refractivity contribution in [1.82, 2.24) is 0 Å². The van der Waals surface area contributed by atoms with Gasteiger partial charge in [-0.05, 0) is 48.2 Å². The monoisotopic (exact) mass is 406 g/mol. The van der Waals surface area contributed by atoms with Gasteiger partial charge in [-0.15, -0.1) is 0 Å². The molecule has 0 fully saturated rings. The van der Waals surface area contributed by atoms with Crippen LogP contribution in [-0.2, 0) is 12.4 Å². The molecule has 0 aliphatic heterocycles. The van der Waals surface area contributed by atoms with E-state index >= 15 is 0 Å². The molecule has 1 unspecified atom stereocenters. The molecule has 0 spiro atoms. The molecular weight excluding hydrogens is 390 g/mol. The predicted molar refractivity (Wildman–Crippen MR) is 88.2 cm³/mol. The van der Waals surface area contributed by atoms with Crippen molar-refractivity contribution in [2.45, 2.75) is 38.5 Å². The minimum Gasteiger partial charge on any atom is -0.507 e. The summed E-state index contributed by atoms with van der Waals surface area (Å²) in [5, 5.41) is 9.84. The number of ether oxygens (including phenoxy) is 1. The number of esters is 1. The average molecular weight is 406 g/mol. The Morgan fingerprint density at radius 2 is 1.54 bits per heavy atom. The summed E-state index contributed by atoms with van der Waals surface area (Å²) in [5.74, 6) is -2.69. The Hall–Kier alpha value is -2.71. The average Bonchev–Trinajstić information content (AvgIpc) is 2.59. The van der Waals surface area contributed by atoms with E-state index in [0.29, 0.717) is 24.1 Å². The molecule has 0 amide bonds. The minimum absolute atomic E-state index is 0.0116. The number of hydrogen-bond donors (Lipinski definition) is 1. The zero-order chi connectivity index (χ0) is 21.3. The van der Waals surface area contributed by atoms with Crippen molar-refractivity contribution in [2.75, 3.05) is 0 Å². The molecule has 0 saturated heterocycles. The van der Waals surface area contributed by atoms with Gasteiger partial charge in [-0.25, -0.2) is 4.79 Å². The van der Waals surface area contributed by atoms with Crippen molar-refractivity contribution >= 4 is 5.97 Å². The van der Waals surface area contributed by atoms with E-state index in [1.54, 1.807) is 6.07 Å². The third kappa shape index (κ3) is 4.96. The third-order valence-corrected chi connectivity index (χ3v) is 4.19. The van der Waals surface area contributed by atoms with Crippen molar-refractivity contribution in [3.63, 3.8) is 0 Å². The van der Waals surface area contributed by atoms with Gasteiger partial charge in [0.2, 0.25) is 0 Å². The first-order chi connectivity index (χ1) is 12.8. The molecule has 3 nitrogen and oxygen atoms in total. The topological polar surface area (TPSA) is 46.5 Å². The Labute approximate surface area is 156 Å². The van der Waals surface area contributed by atoms with Gasteiger partial charge in [0.15, 0.2) is 0 Å². The van der Waals surface area contributed by atoms with E-state index in [2.05, 4.69) is 0 Å². The molecule has 28 heavy (non-hydrogen) atoms. The van der Waals surface area contributed by atoms with E-state index < -0.39 is 40.9 Å². The van der Waals surface area contributed by atoms with Crippen LogP contribution >= 0.6 is 0 Å². The van der Waals surface area contributed by atoms with Gasteiger partial charge in [0.05, 0.1) is 11.1 Å². The molecule has 2 aromatic carbocycles. The van der Waals surface area contributed by atoms with Gasteiger partial charge in [0, 0.05) is 0 Å². The number of alkyl halides is 6. The fraction of sp³-hybridized carbons (Fsp3) is 0.316. The van der Waals surface area contributed by atoms with Crippen molar-refractivity contribution < 1.29 is 41.0 Å². The van der Waals surface area contributed by atoms with Crippen LogP contribution in [0, 0.1) is 0 Å². The molecule has 0 aliphatic carbocycles. The second kappa shape index (κ2) is 7.73. The maximum Gasteiger partial charge on any atom is 0.416 e. The fourth-order valence-electron chi connectivity index (χ4n) is 2.41. The first-order valence-electron chi connectivity index (χ1n) is 8.17. The van der Waals surface area contributed by atoms with Gasteiger partial charge in [0.1, 0.15) is 17.1 Å². The summed E-state index contributed by atoms with van der Waals surface area (Å²) in [6, 6.07) is 4.59. The van der Waals surface area contributed by atoms with Crippen LogP contribution in [-0.4, -0.2) is 11.1 Å². The normalized spacial score (nSPS) is 13.3. The first-order valence-corrected chi connectivity index (χ1v) is 8.17. The van der Waals surface area contributed by atoms with Crippen LogP contribution in [0.25, 0.3) is 0 Å². The van der Waals surface area contributed by atoms with Crippen LogP contribution in [0.2, 0.25) is 0 Å². The SMILES string of the molecule is CCC(C)c1ccc(O)c(C(=O)Oc2cc(C(F)(F)F)cc(C(F)(F)F)c2)c1. The minimum atomic E-state index is -5.07. The summed E-state index contributed by atoms with van der Waals surface area (Å²) < 4.78 is 82.1. The highest BCUT2D eigenvalue weighted by Crippen LogP contribution is 2.38. The zero-order valence-electron chi connectivity index (χ0n) is 14.8. The lowest BCUT2D eigenvalue weighted by Crippen LogP contribution is -2.14. The van der Waals surface area contributed by atoms with Crippen LogP contribution in [0.5, 0.6) is 11.5 Å². The summed E-state index contributed by atoms with van der Waals surface area (Å²) in [6.45, 7) is 3.74. The lowest BCUT2D eigenvalue weighted by Gasteiger charge is -2.15. The number of rotatable bonds is 4. The number of halogens is 6. The predicted octanol–water partition coefficient (Wildman–Crippen LogP) is 6.16. The molecule has 0 aromatic heterocycles. The van der Waals surface area contributed by atoms with Gasteiger partial charge < -0.3 is 9.84 Å². The van der Waals surface area contributed by atoms with Gasteiger partial charge in [-0.1, -0.05) is 19.9 Å². The van der Waals surface area contributed by atoms with Crippen molar-refractivity contribution in [3.05, 3.63) is 58.7 Å². The Bertz CT molecular complexity index is 839. The van der Waals surface area contributed by atoms with Crippen molar-refractivity contribution in [1.29, 1.82) is 0 Å². The number of phenols is 1. The van der Waals surface area contributed by atoms with Crippen LogP contribution in [0.3, 0.4) is 0 Å². The molecule has 152 valence electrons. The highest BCUT2D eigenvalue weighted by Gasteiger charge is 2.37.